The van der Waals surface area contributed by atoms with E-state index < -0.39 is 0 Å². The second-order valence-electron chi connectivity index (χ2n) is 5.92. The zero-order valence-corrected chi connectivity index (χ0v) is 15.0. The molecule has 0 atom stereocenters. The van der Waals surface area contributed by atoms with Gasteiger partial charge in [-0.1, -0.05) is 18.2 Å². The monoisotopic (exact) mass is 354 g/mol. The number of nitrogens with zero attached hydrogens (tertiary/aromatic N) is 1. The van der Waals surface area contributed by atoms with Crippen molar-refractivity contribution in [3.63, 3.8) is 0 Å². The third-order valence-corrected chi connectivity index (χ3v) is 4.28. The van der Waals surface area contributed by atoms with Crippen molar-refractivity contribution in [2.75, 3.05) is 20.7 Å². The molecule has 0 aliphatic rings. The summed E-state index contributed by atoms with van der Waals surface area (Å²) in [6.45, 7) is 1.30. The minimum atomic E-state index is -0.222. The van der Waals surface area contributed by atoms with E-state index in [0.717, 1.165) is 34.2 Å². The lowest BCUT2D eigenvalue weighted by molar-refractivity contribution is 0.409. The number of benzene rings is 2. The van der Waals surface area contributed by atoms with Crippen molar-refractivity contribution in [1.82, 2.24) is 15.6 Å². The summed E-state index contributed by atoms with van der Waals surface area (Å²) in [6.07, 6.45) is 2.69. The van der Waals surface area contributed by atoms with Gasteiger partial charge in [-0.15, -0.1) is 0 Å². The maximum atomic E-state index is 13.5. The molecule has 6 heteroatoms. The van der Waals surface area contributed by atoms with Crippen LogP contribution in [0, 0.1) is 5.82 Å². The average Bonchev–Trinajstić information content (AvgIpc) is 3.06. The van der Waals surface area contributed by atoms with Crippen molar-refractivity contribution in [2.45, 2.75) is 13.0 Å². The molecule has 3 N–H and O–H groups in total. The van der Waals surface area contributed by atoms with Crippen molar-refractivity contribution >= 4 is 16.9 Å². The molecule has 0 fully saturated rings. The summed E-state index contributed by atoms with van der Waals surface area (Å²) in [4.78, 5) is 7.41. The van der Waals surface area contributed by atoms with E-state index in [1.165, 1.54) is 6.07 Å². The topological polar surface area (TPSA) is 61.4 Å². The first-order chi connectivity index (χ1) is 12.7. The lowest BCUT2D eigenvalue weighted by Crippen LogP contribution is -2.37. The molecule has 1 aromatic heterocycles. The van der Waals surface area contributed by atoms with Crippen molar-refractivity contribution in [3.05, 3.63) is 65.6 Å². The lowest BCUT2D eigenvalue weighted by atomic mass is 10.1. The van der Waals surface area contributed by atoms with Gasteiger partial charge in [0.1, 0.15) is 11.6 Å². The highest BCUT2D eigenvalue weighted by Crippen LogP contribution is 2.19. The van der Waals surface area contributed by atoms with Crippen molar-refractivity contribution in [2.24, 2.45) is 4.99 Å². The quantitative estimate of drug-likeness (QED) is 0.470. The molecule has 5 nitrogen and oxygen atoms in total. The number of fused-ring (bicyclic) bond motifs is 1. The summed E-state index contributed by atoms with van der Waals surface area (Å²) in [6, 6.07) is 12.7. The summed E-state index contributed by atoms with van der Waals surface area (Å²) in [5, 5.41) is 7.48. The number of H-pyrrole nitrogens is 1. The van der Waals surface area contributed by atoms with Gasteiger partial charge in [-0.3, -0.25) is 4.99 Å². The first-order valence-corrected chi connectivity index (χ1v) is 8.53. The zero-order chi connectivity index (χ0) is 18.4. The molecular formula is C20H23FN4O. The number of halogens is 1. The van der Waals surface area contributed by atoms with Crippen molar-refractivity contribution < 1.29 is 9.13 Å². The number of guanidine groups is 1. The Morgan fingerprint density at radius 1 is 1.15 bits per heavy atom. The largest absolute Gasteiger partial charge is 0.496 e. The van der Waals surface area contributed by atoms with Gasteiger partial charge in [-0.25, -0.2) is 4.39 Å². The van der Waals surface area contributed by atoms with Gasteiger partial charge in [0.25, 0.3) is 0 Å². The van der Waals surface area contributed by atoms with Crippen molar-refractivity contribution in [3.8, 4) is 5.75 Å². The fourth-order valence-electron chi connectivity index (χ4n) is 2.92. The molecule has 0 spiro atoms. The van der Waals surface area contributed by atoms with Gasteiger partial charge >= 0.3 is 0 Å². The van der Waals surface area contributed by atoms with Gasteiger partial charge in [0.2, 0.25) is 0 Å². The first-order valence-electron chi connectivity index (χ1n) is 8.53. The molecule has 0 aliphatic heterocycles. The minimum Gasteiger partial charge on any atom is -0.496 e. The fraction of sp³-hybridized carbons (Fsp3) is 0.250. The van der Waals surface area contributed by atoms with Crippen LogP contribution < -0.4 is 15.4 Å². The molecular weight excluding hydrogens is 331 g/mol. The summed E-state index contributed by atoms with van der Waals surface area (Å²) in [5.41, 5.74) is 3.08. The van der Waals surface area contributed by atoms with Crippen LogP contribution >= 0.6 is 0 Å². The number of aliphatic imine (C=N–C) groups is 1. The molecule has 0 bridgehead atoms. The predicted octanol–water partition coefficient (Wildman–Crippen LogP) is 3.22. The number of ether oxygens (including phenoxy) is 1. The van der Waals surface area contributed by atoms with E-state index in [4.69, 9.17) is 4.74 Å². The number of aromatic nitrogens is 1. The highest BCUT2D eigenvalue weighted by Gasteiger charge is 2.06. The fourth-order valence-corrected chi connectivity index (χ4v) is 2.92. The van der Waals surface area contributed by atoms with Crippen LogP contribution in [0.4, 0.5) is 4.39 Å². The number of nitrogens with one attached hydrogen (secondary N) is 3. The number of para-hydroxylation sites is 1. The zero-order valence-electron chi connectivity index (χ0n) is 15.0. The molecule has 136 valence electrons. The van der Waals surface area contributed by atoms with Crippen molar-refractivity contribution in [1.29, 1.82) is 0 Å². The molecule has 3 aromatic rings. The highest BCUT2D eigenvalue weighted by atomic mass is 19.1. The van der Waals surface area contributed by atoms with E-state index in [1.807, 2.05) is 30.5 Å². The Morgan fingerprint density at radius 2 is 2.00 bits per heavy atom. The smallest absolute Gasteiger partial charge is 0.191 e. The van der Waals surface area contributed by atoms with Gasteiger partial charge in [0.05, 0.1) is 7.11 Å². The van der Waals surface area contributed by atoms with Crippen LogP contribution in [0.1, 0.15) is 11.1 Å². The number of hydrogen-bond acceptors (Lipinski definition) is 2. The van der Waals surface area contributed by atoms with E-state index in [0.29, 0.717) is 19.0 Å². The highest BCUT2D eigenvalue weighted by molar-refractivity contribution is 5.83. The lowest BCUT2D eigenvalue weighted by Gasteiger charge is -2.13. The van der Waals surface area contributed by atoms with E-state index in [-0.39, 0.29) is 5.82 Å². The molecule has 0 aliphatic carbocycles. The third-order valence-electron chi connectivity index (χ3n) is 4.28. The second kappa shape index (κ2) is 8.38. The van der Waals surface area contributed by atoms with E-state index >= 15 is 0 Å². The molecule has 0 amide bonds. The Morgan fingerprint density at radius 3 is 2.81 bits per heavy atom. The van der Waals surface area contributed by atoms with E-state index in [2.05, 4.69) is 20.6 Å². The summed E-state index contributed by atoms with van der Waals surface area (Å²) < 4.78 is 18.8. The van der Waals surface area contributed by atoms with Gasteiger partial charge < -0.3 is 20.4 Å². The molecule has 0 unspecified atom stereocenters. The summed E-state index contributed by atoms with van der Waals surface area (Å²) >= 11 is 0. The molecule has 2 aromatic carbocycles. The Bertz CT molecular complexity index is 904. The molecule has 1 heterocycles. The maximum absolute atomic E-state index is 13.5. The minimum absolute atomic E-state index is 0.222. The summed E-state index contributed by atoms with van der Waals surface area (Å²) in [5.74, 6) is 1.33. The first kappa shape index (κ1) is 17.8. The van der Waals surface area contributed by atoms with Gasteiger partial charge in [0, 0.05) is 42.8 Å². The molecule has 0 radical (unpaired) electrons. The Labute approximate surface area is 152 Å². The van der Waals surface area contributed by atoms with Crippen LogP contribution in [0.2, 0.25) is 0 Å². The third kappa shape index (κ3) is 4.14. The molecule has 3 rings (SSSR count). The number of methoxy groups -OCH3 is 1. The SMILES string of the molecule is CN=C(NCCc1c[nH]c2ccc(F)cc12)NCc1ccccc1OC. The number of hydrogen-bond donors (Lipinski definition) is 3. The van der Waals surface area contributed by atoms with Gasteiger partial charge in [0.15, 0.2) is 5.96 Å². The van der Waals surface area contributed by atoms with Crippen LogP contribution in [-0.4, -0.2) is 31.6 Å². The molecule has 0 saturated carbocycles. The van der Waals surface area contributed by atoms with E-state index in [1.54, 1.807) is 26.3 Å². The standard InChI is InChI=1S/C20H23FN4O/c1-22-20(25-13-15-5-3-4-6-19(15)26-2)23-10-9-14-12-24-18-8-7-16(21)11-17(14)18/h3-8,11-12,24H,9-10,13H2,1-2H3,(H2,22,23,25). The van der Waals surface area contributed by atoms with E-state index in [9.17, 15) is 4.39 Å². The van der Waals surface area contributed by atoms with Gasteiger partial charge in [-0.05, 0) is 36.2 Å². The molecule has 26 heavy (non-hydrogen) atoms. The maximum Gasteiger partial charge on any atom is 0.191 e. The Kier molecular flexibility index (Phi) is 5.73. The Balaban J connectivity index is 1.55. The summed E-state index contributed by atoms with van der Waals surface area (Å²) in [7, 11) is 3.40. The molecule has 0 saturated heterocycles. The number of aromatic amines is 1. The van der Waals surface area contributed by atoms with Crippen LogP contribution in [0.5, 0.6) is 5.75 Å². The van der Waals surface area contributed by atoms with Crippen LogP contribution in [-0.2, 0) is 13.0 Å². The normalized spacial score (nSPS) is 11.6. The number of rotatable bonds is 6. The van der Waals surface area contributed by atoms with Crippen LogP contribution in [0.3, 0.4) is 0 Å². The Hall–Kier alpha value is -3.02. The van der Waals surface area contributed by atoms with Crippen LogP contribution in [0.25, 0.3) is 10.9 Å². The van der Waals surface area contributed by atoms with Gasteiger partial charge in [-0.2, -0.15) is 0 Å². The average molecular weight is 354 g/mol. The van der Waals surface area contributed by atoms with Crippen LogP contribution in [0.15, 0.2) is 53.7 Å². The second-order valence-corrected chi connectivity index (χ2v) is 5.92. The predicted molar refractivity (Wildman–Crippen MR) is 103 cm³/mol.